The highest BCUT2D eigenvalue weighted by molar-refractivity contribution is 5.99. The first-order valence-electron chi connectivity index (χ1n) is 3.29. The predicted molar refractivity (Wildman–Crippen MR) is 40.7 cm³/mol. The van der Waals surface area contributed by atoms with E-state index < -0.39 is 0 Å². The van der Waals surface area contributed by atoms with Crippen molar-refractivity contribution in [3.63, 3.8) is 0 Å². The summed E-state index contributed by atoms with van der Waals surface area (Å²) in [6.07, 6.45) is 6.91. The zero-order valence-corrected chi connectivity index (χ0v) is 6.08. The van der Waals surface area contributed by atoms with Crippen LogP contribution in [0, 0.1) is 0 Å². The summed E-state index contributed by atoms with van der Waals surface area (Å²) in [6, 6.07) is 0. The molecule has 0 aromatic heterocycles. The van der Waals surface area contributed by atoms with Gasteiger partial charge in [0.15, 0.2) is 5.78 Å². The zero-order valence-electron chi connectivity index (χ0n) is 6.08. The maximum Gasteiger partial charge on any atom is 0.178 e. The lowest BCUT2D eigenvalue weighted by Crippen LogP contribution is -1.85. The van der Waals surface area contributed by atoms with Gasteiger partial charge in [0, 0.05) is 0 Å². The highest BCUT2D eigenvalue weighted by atomic mass is 16.2. The molecule has 0 aliphatic heterocycles. The average molecular weight is 140 g/mol. The SMILES string of the molecule is CC/C=C/C(=O)/C=C/CO. The third-order valence-corrected chi connectivity index (χ3v) is 0.905. The predicted octanol–water partition coefficient (Wildman–Crippen LogP) is 1.07. The van der Waals surface area contributed by atoms with E-state index in [2.05, 4.69) is 0 Å². The topological polar surface area (TPSA) is 37.3 Å². The first kappa shape index (κ1) is 9.11. The van der Waals surface area contributed by atoms with Crippen LogP contribution in [0.4, 0.5) is 0 Å². The minimum Gasteiger partial charge on any atom is -0.392 e. The molecule has 0 aliphatic rings. The second-order valence-electron chi connectivity index (χ2n) is 1.80. The molecule has 0 atom stereocenters. The molecule has 0 unspecified atom stereocenters. The Hall–Kier alpha value is -0.890. The fraction of sp³-hybridized carbons (Fsp3) is 0.375. The third kappa shape index (κ3) is 5.25. The Morgan fingerprint density at radius 3 is 2.50 bits per heavy atom. The summed E-state index contributed by atoms with van der Waals surface area (Å²) >= 11 is 0. The molecule has 0 aliphatic carbocycles. The summed E-state index contributed by atoms with van der Waals surface area (Å²) in [6.45, 7) is 1.88. The van der Waals surface area contributed by atoms with Gasteiger partial charge in [-0.25, -0.2) is 0 Å². The Balaban J connectivity index is 3.63. The molecule has 0 amide bonds. The highest BCUT2D eigenvalue weighted by Gasteiger charge is 1.84. The molecule has 0 aromatic rings. The van der Waals surface area contributed by atoms with E-state index in [9.17, 15) is 4.79 Å². The zero-order chi connectivity index (χ0) is 7.82. The van der Waals surface area contributed by atoms with Crippen molar-refractivity contribution in [2.45, 2.75) is 13.3 Å². The Morgan fingerprint density at radius 2 is 2.00 bits per heavy atom. The maximum atomic E-state index is 10.7. The van der Waals surface area contributed by atoms with E-state index in [1.54, 1.807) is 6.08 Å². The lowest BCUT2D eigenvalue weighted by Gasteiger charge is -1.80. The molecular formula is C8H12O2. The molecule has 0 bridgehead atoms. The van der Waals surface area contributed by atoms with Crippen molar-refractivity contribution in [3.05, 3.63) is 24.3 Å². The minimum atomic E-state index is -0.0777. The van der Waals surface area contributed by atoms with E-state index in [1.165, 1.54) is 18.2 Å². The fourth-order valence-electron chi connectivity index (χ4n) is 0.458. The Labute approximate surface area is 60.9 Å². The minimum absolute atomic E-state index is 0.0732. The van der Waals surface area contributed by atoms with Crippen molar-refractivity contribution in [1.29, 1.82) is 0 Å². The van der Waals surface area contributed by atoms with Crippen LogP contribution in [0.2, 0.25) is 0 Å². The Morgan fingerprint density at radius 1 is 1.40 bits per heavy atom. The molecule has 2 heteroatoms. The molecule has 0 fully saturated rings. The van der Waals surface area contributed by atoms with Crippen LogP contribution in [0.3, 0.4) is 0 Å². The van der Waals surface area contributed by atoms with Gasteiger partial charge in [-0.3, -0.25) is 4.79 Å². The van der Waals surface area contributed by atoms with Crippen LogP contribution in [-0.4, -0.2) is 17.5 Å². The number of aliphatic hydroxyl groups excluding tert-OH is 1. The molecule has 0 rings (SSSR count). The first-order valence-corrected chi connectivity index (χ1v) is 3.29. The molecule has 1 N–H and O–H groups in total. The molecule has 0 spiro atoms. The van der Waals surface area contributed by atoms with Crippen molar-refractivity contribution in [2.75, 3.05) is 6.61 Å². The van der Waals surface area contributed by atoms with Crippen LogP contribution in [0.15, 0.2) is 24.3 Å². The summed E-state index contributed by atoms with van der Waals surface area (Å²) in [5, 5.41) is 8.28. The van der Waals surface area contributed by atoms with Crippen LogP contribution in [0.25, 0.3) is 0 Å². The molecule has 10 heavy (non-hydrogen) atoms. The molecule has 0 saturated heterocycles. The lowest BCUT2D eigenvalue weighted by molar-refractivity contribution is -0.110. The van der Waals surface area contributed by atoms with Gasteiger partial charge in [0.05, 0.1) is 6.61 Å². The molecule has 56 valence electrons. The van der Waals surface area contributed by atoms with E-state index in [0.717, 1.165) is 6.42 Å². The summed E-state index contributed by atoms with van der Waals surface area (Å²) < 4.78 is 0. The molecule has 0 radical (unpaired) electrons. The van der Waals surface area contributed by atoms with Gasteiger partial charge < -0.3 is 5.11 Å². The number of ketones is 1. The van der Waals surface area contributed by atoms with Gasteiger partial charge in [-0.15, -0.1) is 0 Å². The van der Waals surface area contributed by atoms with Crippen molar-refractivity contribution in [2.24, 2.45) is 0 Å². The standard InChI is InChI=1S/C8H12O2/c1-2-3-5-8(10)6-4-7-9/h3-6,9H,2,7H2,1H3/b5-3+,6-4+. The van der Waals surface area contributed by atoms with E-state index in [1.807, 2.05) is 6.92 Å². The third-order valence-electron chi connectivity index (χ3n) is 0.905. The van der Waals surface area contributed by atoms with Gasteiger partial charge in [-0.05, 0) is 18.6 Å². The molecule has 0 heterocycles. The number of hydrogen-bond acceptors (Lipinski definition) is 2. The van der Waals surface area contributed by atoms with Crippen LogP contribution in [-0.2, 0) is 4.79 Å². The quantitative estimate of drug-likeness (QED) is 0.593. The molecule has 0 saturated carbocycles. The second-order valence-corrected chi connectivity index (χ2v) is 1.80. The second kappa shape index (κ2) is 6.23. The monoisotopic (exact) mass is 140 g/mol. The fourth-order valence-corrected chi connectivity index (χ4v) is 0.458. The number of carbonyl (C=O) groups excluding carboxylic acids is 1. The average Bonchev–Trinajstić information content (AvgIpc) is 1.97. The maximum absolute atomic E-state index is 10.7. The smallest absolute Gasteiger partial charge is 0.178 e. The van der Waals surface area contributed by atoms with Crippen LogP contribution in [0.5, 0.6) is 0 Å². The number of carbonyl (C=O) groups is 1. The highest BCUT2D eigenvalue weighted by Crippen LogP contribution is 1.83. The normalized spacial score (nSPS) is 11.4. The van der Waals surface area contributed by atoms with Gasteiger partial charge in [0.1, 0.15) is 0 Å². The number of aliphatic hydroxyl groups is 1. The first-order chi connectivity index (χ1) is 4.81. The molecule has 2 nitrogen and oxygen atoms in total. The number of hydrogen-bond donors (Lipinski definition) is 1. The Kier molecular flexibility index (Phi) is 5.68. The van der Waals surface area contributed by atoms with Crippen LogP contribution < -0.4 is 0 Å². The van der Waals surface area contributed by atoms with Crippen LogP contribution >= 0.6 is 0 Å². The summed E-state index contributed by atoms with van der Waals surface area (Å²) in [5.41, 5.74) is 0. The van der Waals surface area contributed by atoms with Crippen molar-refractivity contribution in [1.82, 2.24) is 0 Å². The van der Waals surface area contributed by atoms with Gasteiger partial charge in [0.2, 0.25) is 0 Å². The Bertz CT molecular complexity index is 129. The summed E-state index contributed by atoms with van der Waals surface area (Å²) in [4.78, 5) is 10.7. The van der Waals surface area contributed by atoms with Gasteiger partial charge in [0.25, 0.3) is 0 Å². The lowest BCUT2D eigenvalue weighted by atomic mass is 10.3. The van der Waals surface area contributed by atoms with Crippen molar-refractivity contribution in [3.8, 4) is 0 Å². The van der Waals surface area contributed by atoms with Gasteiger partial charge in [-0.1, -0.05) is 19.1 Å². The number of rotatable bonds is 4. The van der Waals surface area contributed by atoms with E-state index >= 15 is 0 Å². The summed E-state index contributed by atoms with van der Waals surface area (Å²) in [7, 11) is 0. The number of allylic oxidation sites excluding steroid dienone is 3. The summed E-state index contributed by atoms with van der Waals surface area (Å²) in [5.74, 6) is -0.0732. The van der Waals surface area contributed by atoms with Gasteiger partial charge in [-0.2, -0.15) is 0 Å². The molecular weight excluding hydrogens is 128 g/mol. The van der Waals surface area contributed by atoms with Crippen LogP contribution in [0.1, 0.15) is 13.3 Å². The van der Waals surface area contributed by atoms with E-state index in [-0.39, 0.29) is 12.4 Å². The van der Waals surface area contributed by atoms with E-state index in [0.29, 0.717) is 0 Å². The molecule has 0 aromatic carbocycles. The van der Waals surface area contributed by atoms with Crippen molar-refractivity contribution < 1.29 is 9.90 Å². The largest absolute Gasteiger partial charge is 0.392 e. The van der Waals surface area contributed by atoms with Gasteiger partial charge >= 0.3 is 0 Å². The van der Waals surface area contributed by atoms with Crippen molar-refractivity contribution >= 4 is 5.78 Å². The van der Waals surface area contributed by atoms with E-state index in [4.69, 9.17) is 5.11 Å².